The first-order valence-electron chi connectivity index (χ1n) is 6.88. The third kappa shape index (κ3) is 2.92. The number of hydrogen-bond acceptors (Lipinski definition) is 2. The molecular formula is C16H21BrN2. The average Bonchev–Trinajstić information content (AvgIpc) is 2.40. The number of aromatic nitrogens is 1. The molecule has 19 heavy (non-hydrogen) atoms. The van der Waals surface area contributed by atoms with Gasteiger partial charge in [0, 0.05) is 27.8 Å². The summed E-state index contributed by atoms with van der Waals surface area (Å²) in [4.78, 5) is 4.82. The topological polar surface area (TPSA) is 24.9 Å². The van der Waals surface area contributed by atoms with E-state index >= 15 is 0 Å². The lowest BCUT2D eigenvalue weighted by molar-refractivity contribution is 0.829. The van der Waals surface area contributed by atoms with Crippen molar-refractivity contribution in [3.8, 4) is 0 Å². The number of nitrogens with one attached hydrogen (secondary N) is 1. The van der Waals surface area contributed by atoms with Gasteiger partial charge in [-0.05, 0) is 46.8 Å². The van der Waals surface area contributed by atoms with Crippen LogP contribution in [0.3, 0.4) is 0 Å². The predicted octanol–water partition coefficient (Wildman–Crippen LogP) is 5.25. The fraction of sp³-hybridized carbons (Fsp3) is 0.438. The second-order valence-corrected chi connectivity index (χ2v) is 6.06. The van der Waals surface area contributed by atoms with E-state index in [1.54, 1.807) is 0 Å². The van der Waals surface area contributed by atoms with Crippen molar-refractivity contribution in [2.24, 2.45) is 0 Å². The monoisotopic (exact) mass is 320 g/mol. The standard InChI is InChI=1S/C16H21BrN2/c1-5-8-18-14-9-13(10(2)3)19-16-12(14)7-6-11(4)15(16)17/h6-7,9-10H,5,8H2,1-4H3,(H,18,19). The van der Waals surface area contributed by atoms with E-state index in [0.29, 0.717) is 5.92 Å². The van der Waals surface area contributed by atoms with E-state index in [1.165, 1.54) is 16.6 Å². The van der Waals surface area contributed by atoms with Crippen molar-refractivity contribution in [3.63, 3.8) is 0 Å². The fourth-order valence-corrected chi connectivity index (χ4v) is 2.52. The molecule has 0 radical (unpaired) electrons. The highest BCUT2D eigenvalue weighted by Crippen LogP contribution is 2.32. The van der Waals surface area contributed by atoms with Gasteiger partial charge in [-0.1, -0.05) is 32.9 Å². The highest BCUT2D eigenvalue weighted by molar-refractivity contribution is 9.10. The zero-order valence-electron chi connectivity index (χ0n) is 12.0. The van der Waals surface area contributed by atoms with Crippen LogP contribution in [0.15, 0.2) is 22.7 Å². The Kier molecular flexibility index (Phi) is 4.46. The molecular weight excluding hydrogens is 300 g/mol. The summed E-state index contributed by atoms with van der Waals surface area (Å²) in [5.74, 6) is 0.430. The third-order valence-electron chi connectivity index (χ3n) is 3.29. The number of aryl methyl sites for hydroxylation is 1. The lowest BCUT2D eigenvalue weighted by atomic mass is 10.0. The van der Waals surface area contributed by atoms with E-state index in [1.807, 2.05) is 0 Å². The molecule has 102 valence electrons. The second-order valence-electron chi connectivity index (χ2n) is 5.27. The third-order valence-corrected chi connectivity index (χ3v) is 4.29. The summed E-state index contributed by atoms with van der Waals surface area (Å²) in [5, 5.41) is 4.71. The molecule has 2 aromatic rings. The molecule has 0 unspecified atom stereocenters. The van der Waals surface area contributed by atoms with E-state index in [2.05, 4.69) is 67.1 Å². The molecule has 0 aliphatic carbocycles. The Balaban J connectivity index is 2.67. The summed E-state index contributed by atoms with van der Waals surface area (Å²) in [7, 11) is 0. The minimum absolute atomic E-state index is 0.430. The molecule has 1 aromatic heterocycles. The van der Waals surface area contributed by atoms with Gasteiger partial charge in [-0.15, -0.1) is 0 Å². The maximum absolute atomic E-state index is 4.82. The minimum atomic E-state index is 0.430. The molecule has 0 spiro atoms. The normalized spacial score (nSPS) is 11.3. The Morgan fingerprint density at radius 3 is 2.68 bits per heavy atom. The Bertz CT molecular complexity index is 591. The number of halogens is 1. The zero-order chi connectivity index (χ0) is 14.0. The largest absolute Gasteiger partial charge is 0.384 e. The van der Waals surface area contributed by atoms with E-state index in [4.69, 9.17) is 4.98 Å². The molecule has 0 aliphatic heterocycles. The summed E-state index contributed by atoms with van der Waals surface area (Å²) in [6.45, 7) is 9.64. The van der Waals surface area contributed by atoms with Crippen molar-refractivity contribution in [1.82, 2.24) is 4.98 Å². The van der Waals surface area contributed by atoms with Gasteiger partial charge in [0.25, 0.3) is 0 Å². The highest BCUT2D eigenvalue weighted by Gasteiger charge is 2.11. The molecule has 2 rings (SSSR count). The number of rotatable bonds is 4. The molecule has 0 atom stereocenters. The van der Waals surface area contributed by atoms with Gasteiger partial charge in [-0.3, -0.25) is 4.98 Å². The number of benzene rings is 1. The molecule has 1 N–H and O–H groups in total. The Morgan fingerprint density at radius 2 is 2.05 bits per heavy atom. The van der Waals surface area contributed by atoms with Crippen molar-refractivity contribution in [2.75, 3.05) is 11.9 Å². The zero-order valence-corrected chi connectivity index (χ0v) is 13.6. The van der Waals surface area contributed by atoms with Crippen LogP contribution in [0.2, 0.25) is 0 Å². The van der Waals surface area contributed by atoms with Gasteiger partial charge in [0.15, 0.2) is 0 Å². The van der Waals surface area contributed by atoms with Crippen LogP contribution in [0.5, 0.6) is 0 Å². The summed E-state index contributed by atoms with van der Waals surface area (Å²) < 4.78 is 1.10. The van der Waals surface area contributed by atoms with Crippen molar-refractivity contribution in [2.45, 2.75) is 40.0 Å². The number of pyridine rings is 1. The molecule has 0 saturated carbocycles. The maximum Gasteiger partial charge on any atom is 0.0870 e. The van der Waals surface area contributed by atoms with Crippen LogP contribution >= 0.6 is 15.9 Å². The van der Waals surface area contributed by atoms with Crippen molar-refractivity contribution >= 4 is 32.5 Å². The van der Waals surface area contributed by atoms with Gasteiger partial charge in [0.1, 0.15) is 0 Å². The Hall–Kier alpha value is -1.09. The van der Waals surface area contributed by atoms with Crippen LogP contribution in [-0.2, 0) is 0 Å². The molecule has 3 heteroatoms. The second kappa shape index (κ2) is 5.91. The average molecular weight is 321 g/mol. The first kappa shape index (κ1) is 14.3. The van der Waals surface area contributed by atoms with E-state index in [9.17, 15) is 0 Å². The molecule has 0 aliphatic rings. The molecule has 0 saturated heterocycles. The number of anilines is 1. The van der Waals surface area contributed by atoms with Gasteiger partial charge >= 0.3 is 0 Å². The lowest BCUT2D eigenvalue weighted by Gasteiger charge is -2.14. The van der Waals surface area contributed by atoms with E-state index in [-0.39, 0.29) is 0 Å². The Morgan fingerprint density at radius 1 is 1.32 bits per heavy atom. The van der Waals surface area contributed by atoms with Gasteiger partial charge < -0.3 is 5.32 Å². The summed E-state index contributed by atoms with van der Waals surface area (Å²) >= 11 is 3.68. The van der Waals surface area contributed by atoms with Crippen LogP contribution in [0.4, 0.5) is 5.69 Å². The fourth-order valence-electron chi connectivity index (χ4n) is 2.08. The molecule has 0 amide bonds. The quantitative estimate of drug-likeness (QED) is 0.832. The molecule has 0 fully saturated rings. The van der Waals surface area contributed by atoms with Crippen LogP contribution in [0.1, 0.15) is 44.4 Å². The molecule has 2 nitrogen and oxygen atoms in total. The van der Waals surface area contributed by atoms with E-state index in [0.717, 1.165) is 28.6 Å². The summed E-state index contributed by atoms with van der Waals surface area (Å²) in [6.07, 6.45) is 1.12. The van der Waals surface area contributed by atoms with Gasteiger partial charge in [-0.25, -0.2) is 0 Å². The first-order valence-corrected chi connectivity index (χ1v) is 7.67. The van der Waals surface area contributed by atoms with Gasteiger partial charge in [0.2, 0.25) is 0 Å². The lowest BCUT2D eigenvalue weighted by Crippen LogP contribution is -2.04. The van der Waals surface area contributed by atoms with Crippen molar-refractivity contribution < 1.29 is 0 Å². The molecule has 1 aromatic carbocycles. The maximum atomic E-state index is 4.82. The summed E-state index contributed by atoms with van der Waals surface area (Å²) in [5.41, 5.74) is 4.61. The van der Waals surface area contributed by atoms with Crippen molar-refractivity contribution in [1.29, 1.82) is 0 Å². The summed E-state index contributed by atoms with van der Waals surface area (Å²) in [6, 6.07) is 6.48. The SMILES string of the molecule is CCCNc1cc(C(C)C)nc2c(Br)c(C)ccc12. The van der Waals surface area contributed by atoms with E-state index < -0.39 is 0 Å². The van der Waals surface area contributed by atoms with Gasteiger partial charge in [-0.2, -0.15) is 0 Å². The smallest absolute Gasteiger partial charge is 0.0870 e. The van der Waals surface area contributed by atoms with Crippen LogP contribution in [0.25, 0.3) is 10.9 Å². The molecule has 0 bridgehead atoms. The van der Waals surface area contributed by atoms with Crippen LogP contribution in [0, 0.1) is 6.92 Å². The minimum Gasteiger partial charge on any atom is -0.384 e. The first-order chi connectivity index (χ1) is 9.04. The highest BCUT2D eigenvalue weighted by atomic mass is 79.9. The number of fused-ring (bicyclic) bond motifs is 1. The number of hydrogen-bond donors (Lipinski definition) is 1. The Labute approximate surface area is 123 Å². The van der Waals surface area contributed by atoms with Crippen molar-refractivity contribution in [3.05, 3.63) is 33.9 Å². The number of nitrogens with zero attached hydrogens (tertiary/aromatic N) is 1. The van der Waals surface area contributed by atoms with Crippen LogP contribution in [-0.4, -0.2) is 11.5 Å². The molecule has 1 heterocycles. The predicted molar refractivity (Wildman–Crippen MR) is 87.0 cm³/mol. The van der Waals surface area contributed by atoms with Gasteiger partial charge in [0.05, 0.1) is 5.52 Å². The van der Waals surface area contributed by atoms with Crippen LogP contribution < -0.4 is 5.32 Å².